The van der Waals surface area contributed by atoms with Crippen molar-refractivity contribution >= 4 is 32.4 Å². The summed E-state index contributed by atoms with van der Waals surface area (Å²) in [6.45, 7) is 3.15. The van der Waals surface area contributed by atoms with Gasteiger partial charge in [0.05, 0.1) is 25.5 Å². The van der Waals surface area contributed by atoms with Crippen molar-refractivity contribution in [2.24, 2.45) is 0 Å². The SMILES string of the molecule is COc1ccc(CN2CCN(C(=O)Cc3csc(NS(C)(=O)=O)n3)CC2)cc1F. The van der Waals surface area contributed by atoms with Crippen LogP contribution in [-0.2, 0) is 27.8 Å². The van der Waals surface area contributed by atoms with Crippen molar-refractivity contribution in [1.82, 2.24) is 14.8 Å². The Labute approximate surface area is 173 Å². The van der Waals surface area contributed by atoms with Gasteiger partial charge in [-0.05, 0) is 17.7 Å². The highest BCUT2D eigenvalue weighted by atomic mass is 32.2. The smallest absolute Gasteiger partial charge is 0.231 e. The predicted octanol–water partition coefficient (Wildman–Crippen LogP) is 1.55. The van der Waals surface area contributed by atoms with Gasteiger partial charge < -0.3 is 9.64 Å². The second kappa shape index (κ2) is 9.06. The van der Waals surface area contributed by atoms with E-state index in [1.807, 2.05) is 6.07 Å². The van der Waals surface area contributed by atoms with E-state index in [1.165, 1.54) is 13.2 Å². The number of thiazole rings is 1. The maximum Gasteiger partial charge on any atom is 0.231 e. The highest BCUT2D eigenvalue weighted by molar-refractivity contribution is 7.92. The van der Waals surface area contributed by atoms with Gasteiger partial charge in [0.2, 0.25) is 15.9 Å². The molecule has 1 aliphatic rings. The highest BCUT2D eigenvalue weighted by Crippen LogP contribution is 2.20. The molecule has 29 heavy (non-hydrogen) atoms. The number of aromatic nitrogens is 1. The van der Waals surface area contributed by atoms with Gasteiger partial charge in [0.25, 0.3) is 0 Å². The van der Waals surface area contributed by atoms with Crippen LogP contribution in [0.5, 0.6) is 5.75 Å². The molecule has 1 amide bonds. The lowest BCUT2D eigenvalue weighted by Gasteiger charge is -2.34. The summed E-state index contributed by atoms with van der Waals surface area (Å²) in [5.41, 5.74) is 1.40. The second-order valence-electron chi connectivity index (χ2n) is 6.82. The molecule has 0 aliphatic carbocycles. The summed E-state index contributed by atoms with van der Waals surface area (Å²) >= 11 is 1.15. The van der Waals surface area contributed by atoms with E-state index in [9.17, 15) is 17.6 Å². The number of sulfonamides is 1. The van der Waals surface area contributed by atoms with Crippen LogP contribution in [-0.4, -0.2) is 68.7 Å². The summed E-state index contributed by atoms with van der Waals surface area (Å²) in [7, 11) is -1.95. The summed E-state index contributed by atoms with van der Waals surface area (Å²) in [4.78, 5) is 20.6. The fourth-order valence-corrected chi connectivity index (χ4v) is 4.65. The van der Waals surface area contributed by atoms with E-state index >= 15 is 0 Å². The highest BCUT2D eigenvalue weighted by Gasteiger charge is 2.22. The minimum atomic E-state index is -3.38. The third-order valence-electron chi connectivity index (χ3n) is 4.50. The Bertz CT molecular complexity index is 972. The minimum Gasteiger partial charge on any atom is -0.494 e. The lowest BCUT2D eigenvalue weighted by atomic mass is 10.1. The molecule has 0 spiro atoms. The van der Waals surface area contributed by atoms with E-state index in [-0.39, 0.29) is 29.0 Å². The molecule has 3 rings (SSSR count). The van der Waals surface area contributed by atoms with E-state index in [1.54, 1.807) is 16.3 Å². The number of nitrogens with zero attached hydrogens (tertiary/aromatic N) is 3. The summed E-state index contributed by atoms with van der Waals surface area (Å²) in [5.74, 6) is -0.204. The molecule has 0 saturated carbocycles. The fourth-order valence-electron chi connectivity index (χ4n) is 3.08. The topological polar surface area (TPSA) is 91.8 Å². The van der Waals surface area contributed by atoms with Crippen LogP contribution in [0.2, 0.25) is 0 Å². The number of hydrogen-bond donors (Lipinski definition) is 1. The zero-order valence-electron chi connectivity index (χ0n) is 16.2. The van der Waals surface area contributed by atoms with E-state index in [0.717, 1.165) is 23.2 Å². The Morgan fingerprint density at radius 1 is 1.31 bits per heavy atom. The second-order valence-corrected chi connectivity index (χ2v) is 9.43. The van der Waals surface area contributed by atoms with Gasteiger partial charge in [0.1, 0.15) is 0 Å². The molecule has 158 valence electrons. The molecular weight excluding hydrogens is 419 g/mol. The number of ether oxygens (including phenoxy) is 1. The zero-order valence-corrected chi connectivity index (χ0v) is 17.9. The number of nitrogens with one attached hydrogen (secondary N) is 1. The lowest BCUT2D eigenvalue weighted by molar-refractivity contribution is -0.132. The molecule has 2 aromatic rings. The molecule has 0 radical (unpaired) electrons. The molecule has 1 fully saturated rings. The average molecular weight is 443 g/mol. The first kappa shape index (κ1) is 21.5. The molecule has 0 unspecified atom stereocenters. The van der Waals surface area contributed by atoms with Crippen molar-refractivity contribution in [2.45, 2.75) is 13.0 Å². The number of hydrogen-bond acceptors (Lipinski definition) is 7. The molecule has 8 nitrogen and oxygen atoms in total. The average Bonchev–Trinajstić information content (AvgIpc) is 3.07. The largest absolute Gasteiger partial charge is 0.494 e. The quantitative estimate of drug-likeness (QED) is 0.700. The molecule has 11 heteroatoms. The first-order chi connectivity index (χ1) is 13.7. The van der Waals surface area contributed by atoms with Crippen LogP contribution < -0.4 is 9.46 Å². The zero-order chi connectivity index (χ0) is 21.0. The number of halogens is 1. The van der Waals surface area contributed by atoms with Crippen molar-refractivity contribution in [3.63, 3.8) is 0 Å². The van der Waals surface area contributed by atoms with Crippen molar-refractivity contribution < 1.29 is 22.3 Å². The number of rotatable bonds is 7. The number of carbonyl (C=O) groups is 1. The summed E-state index contributed by atoms with van der Waals surface area (Å²) < 4.78 is 43.6. The number of benzene rings is 1. The molecule has 1 aliphatic heterocycles. The summed E-state index contributed by atoms with van der Waals surface area (Å²) in [6.07, 6.45) is 1.19. The van der Waals surface area contributed by atoms with Crippen molar-refractivity contribution in [3.8, 4) is 5.75 Å². The van der Waals surface area contributed by atoms with E-state index < -0.39 is 10.0 Å². The van der Waals surface area contributed by atoms with Gasteiger partial charge in [0.15, 0.2) is 16.7 Å². The van der Waals surface area contributed by atoms with Crippen LogP contribution >= 0.6 is 11.3 Å². The number of amides is 1. The van der Waals surface area contributed by atoms with Gasteiger partial charge in [-0.25, -0.2) is 17.8 Å². The molecule has 1 saturated heterocycles. The molecule has 2 heterocycles. The van der Waals surface area contributed by atoms with Crippen molar-refractivity contribution in [3.05, 3.63) is 40.7 Å². The van der Waals surface area contributed by atoms with Crippen LogP contribution in [0.4, 0.5) is 9.52 Å². The van der Waals surface area contributed by atoms with Gasteiger partial charge in [0, 0.05) is 38.1 Å². The molecule has 0 bridgehead atoms. The Balaban J connectivity index is 1.49. The first-order valence-electron chi connectivity index (χ1n) is 8.98. The first-order valence-corrected chi connectivity index (χ1v) is 11.8. The maximum atomic E-state index is 13.8. The Morgan fingerprint density at radius 2 is 2.03 bits per heavy atom. The molecule has 1 aromatic carbocycles. The monoisotopic (exact) mass is 442 g/mol. The van der Waals surface area contributed by atoms with Gasteiger partial charge in [-0.15, -0.1) is 11.3 Å². The Morgan fingerprint density at radius 3 is 2.66 bits per heavy atom. The number of anilines is 1. The maximum absolute atomic E-state index is 13.8. The van der Waals surface area contributed by atoms with Crippen molar-refractivity contribution in [1.29, 1.82) is 0 Å². The molecule has 1 aromatic heterocycles. The van der Waals surface area contributed by atoms with Crippen LogP contribution in [0.3, 0.4) is 0 Å². The number of carbonyl (C=O) groups excluding carboxylic acids is 1. The van der Waals surface area contributed by atoms with Gasteiger partial charge in [-0.3, -0.25) is 14.4 Å². The lowest BCUT2D eigenvalue weighted by Crippen LogP contribution is -2.48. The normalized spacial score (nSPS) is 15.3. The third-order valence-corrected chi connectivity index (χ3v) is 6.00. The third kappa shape index (κ3) is 6.12. The standard InChI is InChI=1S/C18H23FN4O4S2/c1-27-16-4-3-13(9-15(16)19)11-22-5-7-23(8-6-22)17(24)10-14-12-28-18(20-14)21-29(2,25)26/h3-4,9,12H,5-8,10-11H2,1-2H3,(H,20,21). The van der Waals surface area contributed by atoms with Crippen molar-refractivity contribution in [2.75, 3.05) is 44.3 Å². The van der Waals surface area contributed by atoms with Crippen LogP contribution in [0.1, 0.15) is 11.3 Å². The van der Waals surface area contributed by atoms with Crippen LogP contribution in [0.15, 0.2) is 23.6 Å². The Kier molecular flexibility index (Phi) is 6.70. The van der Waals surface area contributed by atoms with Gasteiger partial charge in [-0.2, -0.15) is 0 Å². The van der Waals surface area contributed by atoms with Gasteiger partial charge in [-0.1, -0.05) is 6.07 Å². The summed E-state index contributed by atoms with van der Waals surface area (Å²) in [5, 5.41) is 1.94. The number of methoxy groups -OCH3 is 1. The van der Waals surface area contributed by atoms with Crippen LogP contribution in [0.25, 0.3) is 0 Å². The summed E-state index contributed by atoms with van der Waals surface area (Å²) in [6, 6.07) is 4.93. The van der Waals surface area contributed by atoms with E-state index in [0.29, 0.717) is 38.4 Å². The Hall–Kier alpha value is -2.24. The molecule has 0 atom stereocenters. The molecular formula is C18H23FN4O4S2. The van der Waals surface area contributed by atoms with Gasteiger partial charge >= 0.3 is 0 Å². The fraction of sp³-hybridized carbons (Fsp3) is 0.444. The predicted molar refractivity (Wildman–Crippen MR) is 109 cm³/mol. The number of piperazine rings is 1. The van der Waals surface area contributed by atoms with E-state index in [2.05, 4.69) is 14.6 Å². The van der Waals surface area contributed by atoms with E-state index in [4.69, 9.17) is 4.74 Å². The minimum absolute atomic E-state index is 0.0450. The van der Waals surface area contributed by atoms with Crippen LogP contribution in [0, 0.1) is 5.82 Å². The molecule has 1 N–H and O–H groups in total.